The summed E-state index contributed by atoms with van der Waals surface area (Å²) in [5.41, 5.74) is 0.942. The Kier molecular flexibility index (Phi) is 6.91. The smallest absolute Gasteiger partial charge is 0.330 e. The Balaban J connectivity index is 1.38. The fourth-order valence-corrected chi connectivity index (χ4v) is 3.82. The molecular weight excluding hydrogens is 448 g/mol. The van der Waals surface area contributed by atoms with Crippen LogP contribution in [0.15, 0.2) is 78.9 Å². The Hall–Kier alpha value is -4.46. The molecule has 0 spiro atoms. The van der Waals surface area contributed by atoms with E-state index in [9.17, 15) is 19.2 Å². The lowest BCUT2D eigenvalue weighted by Gasteiger charge is -2.27. The van der Waals surface area contributed by atoms with Gasteiger partial charge in [-0.15, -0.1) is 0 Å². The van der Waals surface area contributed by atoms with Gasteiger partial charge in [-0.05, 0) is 42.3 Å². The molecule has 0 fully saturated rings. The van der Waals surface area contributed by atoms with Gasteiger partial charge in [0.25, 0.3) is 17.7 Å². The average molecular weight is 472 g/mol. The molecule has 8 heteroatoms. The van der Waals surface area contributed by atoms with Gasteiger partial charge in [-0.3, -0.25) is 19.3 Å². The Morgan fingerprint density at radius 3 is 2.06 bits per heavy atom. The van der Waals surface area contributed by atoms with E-state index in [0.717, 1.165) is 4.90 Å². The first kappa shape index (κ1) is 23.7. The van der Waals surface area contributed by atoms with Gasteiger partial charge in [-0.25, -0.2) is 4.79 Å². The monoisotopic (exact) mass is 472 g/mol. The lowest BCUT2D eigenvalue weighted by molar-refractivity contribution is -0.152. The highest BCUT2D eigenvalue weighted by atomic mass is 16.5. The van der Waals surface area contributed by atoms with Gasteiger partial charge >= 0.3 is 5.97 Å². The van der Waals surface area contributed by atoms with Crippen molar-refractivity contribution in [3.05, 3.63) is 90.0 Å². The third-order valence-electron chi connectivity index (χ3n) is 5.42. The molecule has 3 aromatic carbocycles. The second-order valence-corrected chi connectivity index (χ2v) is 8.31. The Morgan fingerprint density at radius 2 is 1.43 bits per heavy atom. The maximum absolute atomic E-state index is 12.9. The van der Waals surface area contributed by atoms with Gasteiger partial charge in [0.05, 0.1) is 11.1 Å². The van der Waals surface area contributed by atoms with Crippen LogP contribution in [-0.2, 0) is 14.3 Å². The van der Waals surface area contributed by atoms with E-state index >= 15 is 0 Å². The van der Waals surface area contributed by atoms with Gasteiger partial charge in [0.2, 0.25) is 0 Å². The first-order chi connectivity index (χ1) is 16.8. The average Bonchev–Trinajstić information content (AvgIpc) is 3.09. The van der Waals surface area contributed by atoms with Crippen LogP contribution in [0.4, 0.5) is 5.69 Å². The van der Waals surface area contributed by atoms with E-state index in [0.29, 0.717) is 17.2 Å². The summed E-state index contributed by atoms with van der Waals surface area (Å²) in [6.45, 7) is 2.83. The van der Waals surface area contributed by atoms with Crippen LogP contribution in [0.2, 0.25) is 0 Å². The molecule has 0 unspecified atom stereocenters. The first-order valence-corrected chi connectivity index (χ1v) is 11.1. The molecule has 1 aliphatic heterocycles. The molecule has 1 N–H and O–H groups in total. The van der Waals surface area contributed by atoms with Gasteiger partial charge in [0, 0.05) is 11.8 Å². The topological polar surface area (TPSA) is 102 Å². The molecule has 0 aliphatic carbocycles. The number of hydrogen-bond acceptors (Lipinski definition) is 6. The van der Waals surface area contributed by atoms with Crippen LogP contribution in [0.1, 0.15) is 34.6 Å². The second-order valence-electron chi connectivity index (χ2n) is 8.31. The molecule has 8 nitrogen and oxygen atoms in total. The van der Waals surface area contributed by atoms with Crippen molar-refractivity contribution in [2.45, 2.75) is 19.9 Å². The van der Waals surface area contributed by atoms with Gasteiger partial charge < -0.3 is 14.8 Å². The minimum atomic E-state index is -1.15. The Morgan fingerprint density at radius 1 is 0.829 bits per heavy atom. The number of ether oxygens (including phenoxy) is 2. The SMILES string of the molecule is CC(C)[C@H](C(=O)OCC(=O)Nc1cccc(Oc2ccccc2)c1)N1C(=O)c2ccccc2C1=O. The molecule has 3 amide bonds. The quantitative estimate of drug-likeness (QED) is 0.388. The van der Waals surface area contributed by atoms with Crippen molar-refractivity contribution in [2.75, 3.05) is 11.9 Å². The number of nitrogens with one attached hydrogen (secondary N) is 1. The van der Waals surface area contributed by atoms with Crippen molar-refractivity contribution >= 4 is 29.4 Å². The molecule has 0 bridgehead atoms. The molecule has 1 aliphatic rings. The van der Waals surface area contributed by atoms with E-state index in [4.69, 9.17) is 9.47 Å². The standard InChI is InChI=1S/C27H24N2O6/c1-17(2)24(29-25(31)21-13-6-7-14-22(21)26(29)32)27(33)34-16-23(30)28-18-9-8-12-20(15-18)35-19-10-4-3-5-11-19/h3-15,17,24H,16H2,1-2H3,(H,28,30)/t24-/m1/s1. The third kappa shape index (κ3) is 5.22. The number of para-hydroxylation sites is 1. The molecule has 1 heterocycles. The van der Waals surface area contributed by atoms with Crippen LogP contribution < -0.4 is 10.1 Å². The van der Waals surface area contributed by atoms with Gasteiger partial charge in [0.1, 0.15) is 17.5 Å². The van der Waals surface area contributed by atoms with Crippen LogP contribution in [0.3, 0.4) is 0 Å². The summed E-state index contributed by atoms with van der Waals surface area (Å²) in [5, 5.41) is 2.65. The zero-order chi connectivity index (χ0) is 24.9. The van der Waals surface area contributed by atoms with E-state index < -0.39 is 42.3 Å². The van der Waals surface area contributed by atoms with Gasteiger partial charge in [0.15, 0.2) is 6.61 Å². The fraction of sp³-hybridized carbons (Fsp3) is 0.185. The lowest BCUT2D eigenvalue weighted by Crippen LogP contribution is -2.49. The van der Waals surface area contributed by atoms with Crippen molar-refractivity contribution in [2.24, 2.45) is 5.92 Å². The molecule has 0 radical (unpaired) electrons. The summed E-state index contributed by atoms with van der Waals surface area (Å²) in [4.78, 5) is 51.8. The highest BCUT2D eigenvalue weighted by molar-refractivity contribution is 6.22. The number of rotatable bonds is 8. The highest BCUT2D eigenvalue weighted by Gasteiger charge is 2.44. The van der Waals surface area contributed by atoms with E-state index in [1.165, 1.54) is 0 Å². The second kappa shape index (κ2) is 10.2. The normalized spacial score (nSPS) is 13.4. The van der Waals surface area contributed by atoms with Gasteiger partial charge in [-0.2, -0.15) is 0 Å². The number of hydrogen-bond donors (Lipinski definition) is 1. The van der Waals surface area contributed by atoms with Crippen LogP contribution in [0, 0.1) is 5.92 Å². The van der Waals surface area contributed by atoms with Crippen molar-refractivity contribution in [1.29, 1.82) is 0 Å². The molecule has 4 rings (SSSR count). The summed E-state index contributed by atoms with van der Waals surface area (Å²) in [6, 6.07) is 21.2. The first-order valence-electron chi connectivity index (χ1n) is 11.1. The zero-order valence-corrected chi connectivity index (χ0v) is 19.3. The van der Waals surface area contributed by atoms with Crippen molar-refractivity contribution < 1.29 is 28.7 Å². The zero-order valence-electron chi connectivity index (χ0n) is 19.3. The van der Waals surface area contributed by atoms with Crippen LogP contribution in [-0.4, -0.2) is 41.2 Å². The number of fused-ring (bicyclic) bond motifs is 1. The minimum Gasteiger partial charge on any atom is -0.457 e. The summed E-state index contributed by atoms with van der Waals surface area (Å²) in [7, 11) is 0. The summed E-state index contributed by atoms with van der Waals surface area (Å²) in [5.74, 6) is -1.75. The van der Waals surface area contributed by atoms with E-state index in [1.54, 1.807) is 62.4 Å². The number of carbonyl (C=O) groups excluding carboxylic acids is 4. The van der Waals surface area contributed by atoms with Crippen LogP contribution >= 0.6 is 0 Å². The van der Waals surface area contributed by atoms with E-state index in [1.807, 2.05) is 30.3 Å². The highest BCUT2D eigenvalue weighted by Crippen LogP contribution is 2.28. The molecule has 35 heavy (non-hydrogen) atoms. The predicted octanol–water partition coefficient (Wildman–Crippen LogP) is 4.28. The molecular formula is C27H24N2O6. The molecule has 3 aromatic rings. The van der Waals surface area contributed by atoms with Crippen LogP contribution in [0.25, 0.3) is 0 Å². The Labute approximate surface area is 202 Å². The molecule has 0 saturated carbocycles. The summed E-state index contributed by atoms with van der Waals surface area (Å²) >= 11 is 0. The maximum atomic E-state index is 12.9. The predicted molar refractivity (Wildman–Crippen MR) is 128 cm³/mol. The molecule has 0 aromatic heterocycles. The van der Waals surface area contributed by atoms with Gasteiger partial charge in [-0.1, -0.05) is 50.2 Å². The van der Waals surface area contributed by atoms with Crippen molar-refractivity contribution in [3.63, 3.8) is 0 Å². The fourth-order valence-electron chi connectivity index (χ4n) is 3.82. The van der Waals surface area contributed by atoms with Crippen molar-refractivity contribution in [1.82, 2.24) is 4.90 Å². The number of amides is 3. The minimum absolute atomic E-state index is 0.242. The lowest BCUT2D eigenvalue weighted by atomic mass is 10.0. The Bertz CT molecular complexity index is 1240. The van der Waals surface area contributed by atoms with Crippen molar-refractivity contribution in [3.8, 4) is 11.5 Å². The number of nitrogens with zero attached hydrogens (tertiary/aromatic N) is 1. The van der Waals surface area contributed by atoms with E-state index in [2.05, 4.69) is 5.32 Å². The summed E-state index contributed by atoms with van der Waals surface area (Å²) < 4.78 is 11.0. The maximum Gasteiger partial charge on any atom is 0.330 e. The largest absolute Gasteiger partial charge is 0.457 e. The van der Waals surface area contributed by atoms with Crippen LogP contribution in [0.5, 0.6) is 11.5 Å². The van der Waals surface area contributed by atoms with E-state index in [-0.39, 0.29) is 11.1 Å². The number of esters is 1. The number of carbonyl (C=O) groups is 4. The molecule has 1 atom stereocenters. The summed E-state index contributed by atoms with van der Waals surface area (Å²) in [6.07, 6.45) is 0. The number of anilines is 1. The number of imide groups is 1. The molecule has 178 valence electrons. The number of benzene rings is 3. The molecule has 0 saturated heterocycles. The third-order valence-corrected chi connectivity index (χ3v) is 5.42.